The summed E-state index contributed by atoms with van der Waals surface area (Å²) in [6.07, 6.45) is 3.24. The maximum absolute atomic E-state index is 5.92. The van der Waals surface area contributed by atoms with Gasteiger partial charge in [0.1, 0.15) is 0 Å². The van der Waals surface area contributed by atoms with Gasteiger partial charge in [0.25, 0.3) is 0 Å². The van der Waals surface area contributed by atoms with Crippen LogP contribution in [0.25, 0.3) is 11.2 Å². The topological polar surface area (TPSA) is 75.6 Å². The first kappa shape index (κ1) is 15.4. The van der Waals surface area contributed by atoms with E-state index in [2.05, 4.69) is 44.4 Å². The summed E-state index contributed by atoms with van der Waals surface area (Å²) in [5.41, 5.74) is 2.04. The molecule has 0 aliphatic carbocycles. The molecule has 0 amide bonds. The zero-order valence-electron chi connectivity index (χ0n) is 12.9. The summed E-state index contributed by atoms with van der Waals surface area (Å²) in [4.78, 5) is 17.5. The number of hydrogen-bond donors (Lipinski definition) is 2. The van der Waals surface area contributed by atoms with Gasteiger partial charge in [0, 0.05) is 29.6 Å². The molecule has 0 bridgehead atoms. The highest BCUT2D eigenvalue weighted by atomic mass is 35.5. The molecule has 0 saturated carbocycles. The van der Waals surface area contributed by atoms with Gasteiger partial charge in [-0.15, -0.1) is 0 Å². The summed E-state index contributed by atoms with van der Waals surface area (Å²) in [7, 11) is 0. The zero-order chi connectivity index (χ0) is 16.2. The fraction of sp³-hybridized carbons (Fsp3) is 0.250. The van der Waals surface area contributed by atoms with Crippen LogP contribution in [0.1, 0.15) is 13.8 Å². The fourth-order valence-electron chi connectivity index (χ4n) is 2.00. The molecule has 2 N–H and O–H groups in total. The predicted molar refractivity (Wildman–Crippen MR) is 93.2 cm³/mol. The molecule has 0 spiro atoms. The molecular weight excluding hydrogens is 312 g/mol. The van der Waals surface area contributed by atoms with Crippen LogP contribution in [0.2, 0.25) is 5.02 Å². The Balaban J connectivity index is 1.97. The molecule has 0 aliphatic rings. The molecule has 118 valence electrons. The van der Waals surface area contributed by atoms with Crippen molar-refractivity contribution in [3.05, 3.63) is 41.7 Å². The Hall–Kier alpha value is -2.47. The van der Waals surface area contributed by atoms with Crippen LogP contribution in [0.4, 0.5) is 17.5 Å². The standard InChI is InChI=1S/C16H17ClN6/c1-10(2)9-20-16-22-14-13(18-7-8-19-14)15(23-16)21-12-5-3-11(17)4-6-12/h3-8,10H,9H2,1-2H3,(H2,19,20,21,22,23). The summed E-state index contributed by atoms with van der Waals surface area (Å²) in [5, 5.41) is 7.15. The first-order valence-corrected chi connectivity index (χ1v) is 7.75. The Kier molecular flexibility index (Phi) is 4.52. The highest BCUT2D eigenvalue weighted by Crippen LogP contribution is 2.23. The van der Waals surface area contributed by atoms with Crippen molar-refractivity contribution in [1.82, 2.24) is 19.9 Å². The minimum absolute atomic E-state index is 0.490. The molecule has 2 heterocycles. The van der Waals surface area contributed by atoms with Crippen LogP contribution in [0.3, 0.4) is 0 Å². The van der Waals surface area contributed by atoms with Crippen LogP contribution in [-0.2, 0) is 0 Å². The maximum atomic E-state index is 5.92. The SMILES string of the molecule is CC(C)CNc1nc(Nc2ccc(Cl)cc2)c2nccnc2n1. The summed E-state index contributed by atoms with van der Waals surface area (Å²) in [6, 6.07) is 7.40. The lowest BCUT2D eigenvalue weighted by Gasteiger charge is -2.11. The van der Waals surface area contributed by atoms with Crippen molar-refractivity contribution in [2.75, 3.05) is 17.2 Å². The Labute approximate surface area is 139 Å². The van der Waals surface area contributed by atoms with Crippen molar-refractivity contribution in [3.63, 3.8) is 0 Å². The third-order valence-corrected chi connectivity index (χ3v) is 3.36. The molecule has 0 saturated heterocycles. The highest BCUT2D eigenvalue weighted by molar-refractivity contribution is 6.30. The Morgan fingerprint density at radius 2 is 1.78 bits per heavy atom. The second kappa shape index (κ2) is 6.75. The average Bonchev–Trinajstić information content (AvgIpc) is 2.55. The molecule has 3 rings (SSSR count). The third-order valence-electron chi connectivity index (χ3n) is 3.11. The van der Waals surface area contributed by atoms with Crippen LogP contribution in [-0.4, -0.2) is 26.5 Å². The van der Waals surface area contributed by atoms with Gasteiger partial charge in [0.05, 0.1) is 0 Å². The summed E-state index contributed by atoms with van der Waals surface area (Å²) in [5.74, 6) is 1.63. The van der Waals surface area contributed by atoms with E-state index >= 15 is 0 Å². The molecule has 23 heavy (non-hydrogen) atoms. The van der Waals surface area contributed by atoms with Gasteiger partial charge >= 0.3 is 0 Å². The van der Waals surface area contributed by atoms with E-state index in [1.165, 1.54) is 0 Å². The number of anilines is 3. The lowest BCUT2D eigenvalue weighted by atomic mass is 10.2. The molecule has 6 nitrogen and oxygen atoms in total. The second-order valence-corrected chi connectivity index (χ2v) is 5.97. The molecular formula is C16H17ClN6. The Morgan fingerprint density at radius 3 is 2.52 bits per heavy atom. The van der Waals surface area contributed by atoms with E-state index in [9.17, 15) is 0 Å². The first-order valence-electron chi connectivity index (χ1n) is 7.37. The fourth-order valence-corrected chi connectivity index (χ4v) is 2.12. The zero-order valence-corrected chi connectivity index (χ0v) is 13.7. The van der Waals surface area contributed by atoms with Gasteiger partial charge in [-0.2, -0.15) is 9.97 Å². The van der Waals surface area contributed by atoms with Crippen LogP contribution in [0, 0.1) is 5.92 Å². The molecule has 0 fully saturated rings. The molecule has 1 aromatic carbocycles. The van der Waals surface area contributed by atoms with Crippen LogP contribution in [0.15, 0.2) is 36.7 Å². The van der Waals surface area contributed by atoms with E-state index in [1.807, 2.05) is 24.3 Å². The van der Waals surface area contributed by atoms with Crippen molar-refractivity contribution < 1.29 is 0 Å². The summed E-state index contributed by atoms with van der Waals surface area (Å²) < 4.78 is 0. The van der Waals surface area contributed by atoms with Gasteiger partial charge in [-0.05, 0) is 30.2 Å². The highest BCUT2D eigenvalue weighted by Gasteiger charge is 2.10. The molecule has 0 aliphatic heterocycles. The lowest BCUT2D eigenvalue weighted by molar-refractivity contribution is 0.685. The van der Waals surface area contributed by atoms with Gasteiger partial charge < -0.3 is 10.6 Å². The van der Waals surface area contributed by atoms with E-state index in [4.69, 9.17) is 11.6 Å². The van der Waals surface area contributed by atoms with Crippen molar-refractivity contribution in [2.24, 2.45) is 5.92 Å². The largest absolute Gasteiger partial charge is 0.354 e. The molecule has 7 heteroatoms. The Morgan fingerprint density at radius 1 is 1.04 bits per heavy atom. The number of fused-ring (bicyclic) bond motifs is 1. The van der Waals surface area contributed by atoms with Crippen LogP contribution >= 0.6 is 11.6 Å². The van der Waals surface area contributed by atoms with Gasteiger partial charge in [-0.1, -0.05) is 25.4 Å². The number of benzene rings is 1. The van der Waals surface area contributed by atoms with Gasteiger partial charge in [-0.3, -0.25) is 0 Å². The van der Waals surface area contributed by atoms with Crippen molar-refractivity contribution in [1.29, 1.82) is 0 Å². The molecule has 0 atom stereocenters. The van der Waals surface area contributed by atoms with E-state index in [-0.39, 0.29) is 0 Å². The maximum Gasteiger partial charge on any atom is 0.226 e. The van der Waals surface area contributed by atoms with E-state index in [1.54, 1.807) is 12.4 Å². The van der Waals surface area contributed by atoms with E-state index in [0.29, 0.717) is 33.9 Å². The van der Waals surface area contributed by atoms with Gasteiger partial charge in [0.2, 0.25) is 5.95 Å². The van der Waals surface area contributed by atoms with E-state index < -0.39 is 0 Å². The number of nitrogens with zero attached hydrogens (tertiary/aromatic N) is 4. The number of hydrogen-bond acceptors (Lipinski definition) is 6. The van der Waals surface area contributed by atoms with E-state index in [0.717, 1.165) is 12.2 Å². The molecule has 0 unspecified atom stereocenters. The number of halogens is 1. The van der Waals surface area contributed by atoms with Crippen molar-refractivity contribution >= 4 is 40.2 Å². The van der Waals surface area contributed by atoms with Crippen molar-refractivity contribution in [3.8, 4) is 0 Å². The van der Waals surface area contributed by atoms with Gasteiger partial charge in [-0.25, -0.2) is 9.97 Å². The van der Waals surface area contributed by atoms with Gasteiger partial charge in [0.15, 0.2) is 17.0 Å². The van der Waals surface area contributed by atoms with Crippen molar-refractivity contribution in [2.45, 2.75) is 13.8 Å². The normalized spacial score (nSPS) is 11.0. The summed E-state index contributed by atoms with van der Waals surface area (Å²) in [6.45, 7) is 5.04. The number of aromatic nitrogens is 4. The average molecular weight is 329 g/mol. The Bertz CT molecular complexity index is 803. The van der Waals surface area contributed by atoms with Crippen LogP contribution < -0.4 is 10.6 Å². The molecule has 2 aromatic heterocycles. The minimum Gasteiger partial charge on any atom is -0.354 e. The molecule has 3 aromatic rings. The first-order chi connectivity index (χ1) is 11.1. The summed E-state index contributed by atoms with van der Waals surface area (Å²) >= 11 is 5.92. The number of rotatable bonds is 5. The number of nitrogens with one attached hydrogen (secondary N) is 2. The minimum atomic E-state index is 0.490. The second-order valence-electron chi connectivity index (χ2n) is 5.53. The monoisotopic (exact) mass is 328 g/mol. The smallest absolute Gasteiger partial charge is 0.226 e. The molecule has 0 radical (unpaired) electrons. The quantitative estimate of drug-likeness (QED) is 0.740. The third kappa shape index (κ3) is 3.84. The lowest BCUT2D eigenvalue weighted by Crippen LogP contribution is -2.12. The predicted octanol–water partition coefficient (Wildman–Crippen LogP) is 3.88. The van der Waals surface area contributed by atoms with Crippen LogP contribution in [0.5, 0.6) is 0 Å².